The number of nitrogens with one attached hydrogen (secondary N) is 1. The molecule has 4 heteroatoms. The number of methoxy groups -OCH3 is 1. The number of nitrogens with zero attached hydrogens (tertiary/aromatic N) is 1. The van der Waals surface area contributed by atoms with Gasteiger partial charge in [0, 0.05) is 12.2 Å². The number of ether oxygens (including phenoxy) is 1. The number of likely N-dealkylation sites (N-methyl/N-ethyl adjacent to an activating group) is 1. The average molecular weight is 271 g/mol. The van der Waals surface area contributed by atoms with Crippen molar-refractivity contribution in [1.82, 2.24) is 10.3 Å². The summed E-state index contributed by atoms with van der Waals surface area (Å²) in [6, 6.07) is 10.4. The van der Waals surface area contributed by atoms with E-state index in [2.05, 4.69) is 22.4 Å². The topological polar surface area (TPSA) is 60.2 Å². The van der Waals surface area contributed by atoms with Crippen LogP contribution in [0.5, 0.6) is 5.75 Å². The predicted octanol–water partition coefficient (Wildman–Crippen LogP) is 2.48. The number of benzene rings is 1. The largest absolute Gasteiger partial charge is 0.496 e. The molecule has 0 aliphatic heterocycles. The minimum atomic E-state index is 0.200. The van der Waals surface area contributed by atoms with Crippen molar-refractivity contribution in [3.8, 4) is 5.75 Å². The highest BCUT2D eigenvalue weighted by Gasteiger charge is 2.13. The number of anilines is 1. The molecule has 0 fully saturated rings. The monoisotopic (exact) mass is 271 g/mol. The standard InChI is InChI=1S/C16H21N3O/c1-11-9-12(6-7-15(11)20-3)14(18-2)10-13-5-4-8-19-16(13)17/h4-9,14,18H,10H2,1-3H3,(H2,17,19). The van der Waals surface area contributed by atoms with Gasteiger partial charge in [0.2, 0.25) is 0 Å². The molecule has 2 rings (SSSR count). The van der Waals surface area contributed by atoms with Crippen LogP contribution in [0.3, 0.4) is 0 Å². The number of nitrogens with two attached hydrogens (primary N) is 1. The van der Waals surface area contributed by atoms with Gasteiger partial charge in [0.05, 0.1) is 7.11 Å². The van der Waals surface area contributed by atoms with Crippen molar-refractivity contribution in [1.29, 1.82) is 0 Å². The molecule has 0 bridgehead atoms. The number of aryl methyl sites for hydroxylation is 1. The van der Waals surface area contributed by atoms with Crippen LogP contribution in [0.25, 0.3) is 0 Å². The Kier molecular flexibility index (Phi) is 4.58. The van der Waals surface area contributed by atoms with Gasteiger partial charge >= 0.3 is 0 Å². The Labute approximate surface area is 120 Å². The first-order chi connectivity index (χ1) is 9.65. The minimum absolute atomic E-state index is 0.200. The van der Waals surface area contributed by atoms with E-state index < -0.39 is 0 Å². The van der Waals surface area contributed by atoms with Crippen LogP contribution in [0.4, 0.5) is 5.82 Å². The number of pyridine rings is 1. The van der Waals surface area contributed by atoms with E-state index in [-0.39, 0.29) is 6.04 Å². The zero-order valence-electron chi connectivity index (χ0n) is 12.2. The highest BCUT2D eigenvalue weighted by Crippen LogP contribution is 2.25. The predicted molar refractivity (Wildman–Crippen MR) is 81.9 cm³/mol. The molecule has 0 saturated heterocycles. The fourth-order valence-electron chi connectivity index (χ4n) is 2.35. The van der Waals surface area contributed by atoms with E-state index in [1.165, 1.54) is 5.56 Å². The molecule has 0 saturated carbocycles. The first-order valence-corrected chi connectivity index (χ1v) is 6.67. The Balaban J connectivity index is 2.24. The highest BCUT2D eigenvalue weighted by atomic mass is 16.5. The summed E-state index contributed by atoms with van der Waals surface area (Å²) in [6.45, 7) is 2.05. The zero-order chi connectivity index (χ0) is 14.5. The van der Waals surface area contributed by atoms with E-state index in [4.69, 9.17) is 10.5 Å². The third-order valence-electron chi connectivity index (χ3n) is 3.52. The summed E-state index contributed by atoms with van der Waals surface area (Å²) in [5.74, 6) is 1.50. The van der Waals surface area contributed by atoms with Gasteiger partial charge in [-0.15, -0.1) is 0 Å². The maximum absolute atomic E-state index is 5.92. The van der Waals surface area contributed by atoms with Crippen LogP contribution in [-0.4, -0.2) is 19.1 Å². The fourth-order valence-corrected chi connectivity index (χ4v) is 2.35. The second-order valence-corrected chi connectivity index (χ2v) is 4.82. The molecule has 106 valence electrons. The summed E-state index contributed by atoms with van der Waals surface area (Å²) < 4.78 is 5.30. The summed E-state index contributed by atoms with van der Waals surface area (Å²) in [7, 11) is 3.64. The molecule has 0 radical (unpaired) electrons. The van der Waals surface area contributed by atoms with Gasteiger partial charge < -0.3 is 15.8 Å². The van der Waals surface area contributed by atoms with Gasteiger partial charge in [0.15, 0.2) is 0 Å². The van der Waals surface area contributed by atoms with Gasteiger partial charge in [-0.05, 0) is 49.2 Å². The van der Waals surface area contributed by atoms with E-state index >= 15 is 0 Å². The lowest BCUT2D eigenvalue weighted by molar-refractivity contribution is 0.411. The van der Waals surface area contributed by atoms with Crippen molar-refractivity contribution in [3.63, 3.8) is 0 Å². The molecule has 1 unspecified atom stereocenters. The summed E-state index contributed by atoms with van der Waals surface area (Å²) in [5.41, 5.74) is 9.32. The number of rotatable bonds is 5. The molecular formula is C16H21N3O. The van der Waals surface area contributed by atoms with Gasteiger partial charge in [0.1, 0.15) is 11.6 Å². The van der Waals surface area contributed by atoms with Crippen LogP contribution in [0.2, 0.25) is 0 Å². The molecule has 20 heavy (non-hydrogen) atoms. The molecule has 2 aromatic rings. The van der Waals surface area contributed by atoms with Crippen molar-refractivity contribution < 1.29 is 4.74 Å². The van der Waals surface area contributed by atoms with E-state index in [9.17, 15) is 0 Å². The van der Waals surface area contributed by atoms with E-state index in [0.717, 1.165) is 23.3 Å². The number of hydrogen-bond donors (Lipinski definition) is 2. The molecule has 0 aliphatic rings. The van der Waals surface area contributed by atoms with Crippen LogP contribution >= 0.6 is 0 Å². The molecule has 3 N–H and O–H groups in total. The van der Waals surface area contributed by atoms with E-state index in [0.29, 0.717) is 5.82 Å². The zero-order valence-corrected chi connectivity index (χ0v) is 12.2. The third kappa shape index (κ3) is 3.08. The Bertz CT molecular complexity index is 584. The SMILES string of the molecule is CNC(Cc1cccnc1N)c1ccc(OC)c(C)c1. The lowest BCUT2D eigenvalue weighted by Crippen LogP contribution is -2.19. The van der Waals surface area contributed by atoms with E-state index in [1.54, 1.807) is 13.3 Å². The molecule has 1 aromatic heterocycles. The first-order valence-electron chi connectivity index (χ1n) is 6.67. The van der Waals surface area contributed by atoms with Crippen molar-refractivity contribution in [2.24, 2.45) is 0 Å². The molecule has 4 nitrogen and oxygen atoms in total. The normalized spacial score (nSPS) is 12.2. The molecule has 0 amide bonds. The van der Waals surface area contributed by atoms with Crippen LogP contribution in [0.1, 0.15) is 22.7 Å². The van der Waals surface area contributed by atoms with Crippen LogP contribution in [0, 0.1) is 6.92 Å². The van der Waals surface area contributed by atoms with Crippen molar-refractivity contribution in [3.05, 3.63) is 53.2 Å². The number of nitrogen functional groups attached to an aromatic ring is 1. The molecule has 1 atom stereocenters. The molecule has 0 spiro atoms. The van der Waals surface area contributed by atoms with E-state index in [1.807, 2.05) is 32.2 Å². The van der Waals surface area contributed by atoms with Crippen LogP contribution < -0.4 is 15.8 Å². The molecule has 1 aromatic carbocycles. The number of aromatic nitrogens is 1. The molecular weight excluding hydrogens is 250 g/mol. The van der Waals surface area contributed by atoms with Gasteiger partial charge in [-0.1, -0.05) is 18.2 Å². The summed E-state index contributed by atoms with van der Waals surface area (Å²) in [4.78, 5) is 4.14. The lowest BCUT2D eigenvalue weighted by Gasteiger charge is -2.18. The van der Waals surface area contributed by atoms with Gasteiger partial charge in [0.25, 0.3) is 0 Å². The maximum Gasteiger partial charge on any atom is 0.126 e. The van der Waals surface area contributed by atoms with Crippen molar-refractivity contribution in [2.45, 2.75) is 19.4 Å². The molecule has 1 heterocycles. The Hall–Kier alpha value is -2.07. The fraction of sp³-hybridized carbons (Fsp3) is 0.312. The second kappa shape index (κ2) is 6.39. The van der Waals surface area contributed by atoms with Crippen LogP contribution in [0.15, 0.2) is 36.5 Å². The van der Waals surface area contributed by atoms with Gasteiger partial charge in [-0.3, -0.25) is 0 Å². The van der Waals surface area contributed by atoms with Crippen molar-refractivity contribution >= 4 is 5.82 Å². The maximum atomic E-state index is 5.92. The first kappa shape index (κ1) is 14.3. The van der Waals surface area contributed by atoms with Crippen molar-refractivity contribution in [2.75, 3.05) is 19.9 Å². The Morgan fingerprint density at radius 1 is 1.35 bits per heavy atom. The van der Waals surface area contributed by atoms with Crippen LogP contribution in [-0.2, 0) is 6.42 Å². The lowest BCUT2D eigenvalue weighted by atomic mass is 9.97. The minimum Gasteiger partial charge on any atom is -0.496 e. The van der Waals surface area contributed by atoms with Gasteiger partial charge in [-0.25, -0.2) is 4.98 Å². The summed E-state index contributed by atoms with van der Waals surface area (Å²) in [6.07, 6.45) is 2.52. The van der Waals surface area contributed by atoms with Gasteiger partial charge in [-0.2, -0.15) is 0 Å². The highest BCUT2D eigenvalue weighted by molar-refractivity contribution is 5.41. The quantitative estimate of drug-likeness (QED) is 0.877. The Morgan fingerprint density at radius 2 is 2.15 bits per heavy atom. The summed E-state index contributed by atoms with van der Waals surface area (Å²) in [5, 5.41) is 3.33. The molecule has 0 aliphatic carbocycles. The smallest absolute Gasteiger partial charge is 0.126 e. The third-order valence-corrected chi connectivity index (χ3v) is 3.52. The second-order valence-electron chi connectivity index (χ2n) is 4.82. The summed E-state index contributed by atoms with van der Waals surface area (Å²) >= 11 is 0. The Morgan fingerprint density at radius 3 is 2.75 bits per heavy atom. The average Bonchev–Trinajstić information content (AvgIpc) is 2.46. The number of hydrogen-bond acceptors (Lipinski definition) is 4.